The normalized spacial score (nSPS) is 12.9. The lowest BCUT2D eigenvalue weighted by Crippen LogP contribution is -2.35. The van der Waals surface area contributed by atoms with Crippen LogP contribution < -0.4 is 15.0 Å². The molecule has 0 unspecified atom stereocenters. The maximum atomic E-state index is 13.3. The Labute approximate surface area is 266 Å². The molecule has 8 heteroatoms. The van der Waals surface area contributed by atoms with Crippen LogP contribution in [-0.2, 0) is 29.0 Å². The van der Waals surface area contributed by atoms with Crippen molar-refractivity contribution in [3.63, 3.8) is 0 Å². The van der Waals surface area contributed by atoms with Gasteiger partial charge in [0.25, 0.3) is 0 Å². The molecule has 1 aliphatic heterocycles. The van der Waals surface area contributed by atoms with Gasteiger partial charge in [-0.1, -0.05) is 48.5 Å². The number of hydrogen-bond acceptors (Lipinski definition) is 5. The lowest BCUT2D eigenvalue weighted by molar-refractivity contribution is -0.118. The van der Waals surface area contributed by atoms with E-state index in [1.807, 2.05) is 66.9 Å². The highest BCUT2D eigenvalue weighted by atomic mass is 16.6. The third kappa shape index (κ3) is 8.32. The predicted octanol–water partition coefficient (Wildman–Crippen LogP) is 7.38. The number of aromatic nitrogens is 2. The first kappa shape index (κ1) is 31.8. The Hall–Kier alpha value is -4.59. The van der Waals surface area contributed by atoms with Gasteiger partial charge >= 0.3 is 6.09 Å². The van der Waals surface area contributed by atoms with E-state index in [1.165, 1.54) is 11.1 Å². The second-order valence-electron chi connectivity index (χ2n) is 12.7. The number of nitrogens with zero attached hydrogens (tertiary/aromatic N) is 3. The lowest BCUT2D eigenvalue weighted by atomic mass is 9.93. The van der Waals surface area contributed by atoms with E-state index in [9.17, 15) is 9.59 Å². The van der Waals surface area contributed by atoms with Crippen molar-refractivity contribution >= 4 is 17.7 Å². The number of amides is 2. The molecular weight excluding hydrogens is 564 g/mol. The first-order valence-electron chi connectivity index (χ1n) is 15.8. The number of aryl methyl sites for hydroxylation is 1. The van der Waals surface area contributed by atoms with Crippen molar-refractivity contribution in [2.24, 2.45) is 0 Å². The van der Waals surface area contributed by atoms with E-state index in [2.05, 4.69) is 60.8 Å². The number of alkyl carbamates (subject to hydrolysis) is 1. The maximum absolute atomic E-state index is 13.3. The highest BCUT2D eigenvalue weighted by Gasteiger charge is 2.25. The quantitative estimate of drug-likeness (QED) is 0.190. The lowest BCUT2D eigenvalue weighted by Gasteiger charge is -2.31. The van der Waals surface area contributed by atoms with Gasteiger partial charge in [-0.3, -0.25) is 9.48 Å². The van der Waals surface area contributed by atoms with Crippen LogP contribution in [0.4, 0.5) is 10.5 Å². The zero-order chi connectivity index (χ0) is 32.0. The molecule has 1 aromatic heterocycles. The fourth-order valence-electron chi connectivity index (χ4n) is 5.68. The predicted molar refractivity (Wildman–Crippen MR) is 178 cm³/mol. The van der Waals surface area contributed by atoms with Gasteiger partial charge < -0.3 is 19.7 Å². The zero-order valence-corrected chi connectivity index (χ0v) is 27.1. The van der Waals surface area contributed by atoms with E-state index in [1.54, 1.807) is 0 Å². The SMILES string of the molecule is Cc1cccc(OCCCC(=O)N2CCCc3c(-c4cnn(Cc5cccc(CNC(=O)OC(C)(C)C)c5)c4)cccc32)c1C. The van der Waals surface area contributed by atoms with Crippen LogP contribution in [0.1, 0.15) is 67.9 Å². The molecule has 0 radical (unpaired) electrons. The summed E-state index contributed by atoms with van der Waals surface area (Å²) in [6.45, 7) is 11.9. The summed E-state index contributed by atoms with van der Waals surface area (Å²) in [5.41, 5.74) is 8.23. The van der Waals surface area contributed by atoms with Crippen LogP contribution in [0.25, 0.3) is 11.1 Å². The van der Waals surface area contributed by atoms with Crippen LogP contribution >= 0.6 is 0 Å². The van der Waals surface area contributed by atoms with Gasteiger partial charge in [-0.05, 0) is 99.4 Å². The van der Waals surface area contributed by atoms with Gasteiger partial charge in [-0.2, -0.15) is 5.10 Å². The second kappa shape index (κ2) is 14.0. The summed E-state index contributed by atoms with van der Waals surface area (Å²) in [6.07, 6.45) is 6.48. The Morgan fingerprint density at radius 3 is 2.60 bits per heavy atom. The summed E-state index contributed by atoms with van der Waals surface area (Å²) in [5.74, 6) is 1.02. The molecule has 0 aliphatic carbocycles. The molecule has 2 amide bonds. The summed E-state index contributed by atoms with van der Waals surface area (Å²) in [7, 11) is 0. The summed E-state index contributed by atoms with van der Waals surface area (Å²) in [4.78, 5) is 27.3. The average Bonchev–Trinajstić information content (AvgIpc) is 3.47. The van der Waals surface area contributed by atoms with Crippen molar-refractivity contribution < 1.29 is 19.1 Å². The Morgan fingerprint density at radius 2 is 1.78 bits per heavy atom. The molecule has 45 heavy (non-hydrogen) atoms. The molecular formula is C37H44N4O4. The standard InChI is InChI=1S/C37H44N4O4/c1-26-11-6-17-34(27(26)2)44-20-10-18-35(42)41-19-9-15-32-31(14-8-16-33(32)41)30-23-39-40(25-30)24-29-13-7-12-28(21-29)22-38-36(43)45-37(3,4)5/h6-8,11-14,16-17,21,23,25H,9-10,15,18-20,22,24H2,1-5H3,(H,38,43). The van der Waals surface area contributed by atoms with Gasteiger partial charge in [-0.15, -0.1) is 0 Å². The molecule has 236 valence electrons. The van der Waals surface area contributed by atoms with Crippen molar-refractivity contribution in [2.75, 3.05) is 18.1 Å². The maximum Gasteiger partial charge on any atom is 0.407 e. The number of fused-ring (bicyclic) bond motifs is 1. The molecule has 1 N–H and O–H groups in total. The van der Waals surface area contributed by atoms with Gasteiger partial charge in [0.05, 0.1) is 19.3 Å². The highest BCUT2D eigenvalue weighted by molar-refractivity contribution is 5.96. The summed E-state index contributed by atoms with van der Waals surface area (Å²) >= 11 is 0. The number of hydrogen-bond donors (Lipinski definition) is 1. The third-order valence-electron chi connectivity index (χ3n) is 8.02. The molecule has 8 nitrogen and oxygen atoms in total. The monoisotopic (exact) mass is 608 g/mol. The number of benzene rings is 3. The van der Waals surface area contributed by atoms with Gasteiger partial charge in [-0.25, -0.2) is 4.79 Å². The van der Waals surface area contributed by atoms with E-state index in [4.69, 9.17) is 9.47 Å². The molecule has 0 saturated heterocycles. The van der Waals surface area contributed by atoms with Crippen molar-refractivity contribution in [1.82, 2.24) is 15.1 Å². The van der Waals surface area contributed by atoms with Crippen LogP contribution in [0.2, 0.25) is 0 Å². The van der Waals surface area contributed by atoms with Crippen LogP contribution in [0, 0.1) is 13.8 Å². The molecule has 3 aromatic carbocycles. The Balaban J connectivity index is 1.21. The van der Waals surface area contributed by atoms with Crippen LogP contribution in [0.3, 0.4) is 0 Å². The summed E-state index contributed by atoms with van der Waals surface area (Å²) in [6, 6.07) is 20.4. The average molecular weight is 609 g/mol. The molecule has 1 aliphatic rings. The van der Waals surface area contributed by atoms with Crippen molar-refractivity contribution in [3.05, 3.63) is 101 Å². The van der Waals surface area contributed by atoms with E-state index in [-0.39, 0.29) is 5.91 Å². The number of ether oxygens (including phenoxy) is 2. The zero-order valence-electron chi connectivity index (χ0n) is 27.1. The minimum Gasteiger partial charge on any atom is -0.493 e. The Kier molecular flexibility index (Phi) is 9.91. The molecule has 2 heterocycles. The van der Waals surface area contributed by atoms with Gasteiger partial charge in [0.2, 0.25) is 5.91 Å². The molecule has 0 atom stereocenters. The fraction of sp³-hybridized carbons (Fsp3) is 0.378. The molecule has 0 saturated carbocycles. The first-order chi connectivity index (χ1) is 21.6. The topological polar surface area (TPSA) is 85.7 Å². The summed E-state index contributed by atoms with van der Waals surface area (Å²) in [5, 5.41) is 7.47. The number of nitrogens with one attached hydrogen (secondary N) is 1. The van der Waals surface area contributed by atoms with E-state index in [0.717, 1.165) is 58.6 Å². The van der Waals surface area contributed by atoms with E-state index in [0.29, 0.717) is 32.5 Å². The van der Waals surface area contributed by atoms with Gasteiger partial charge in [0.1, 0.15) is 11.4 Å². The molecule has 5 rings (SSSR count). The number of carbonyl (C=O) groups excluding carboxylic acids is 2. The van der Waals surface area contributed by atoms with Crippen molar-refractivity contribution in [2.45, 2.75) is 79.0 Å². The molecule has 0 spiro atoms. The highest BCUT2D eigenvalue weighted by Crippen LogP contribution is 2.36. The van der Waals surface area contributed by atoms with Crippen molar-refractivity contribution in [1.29, 1.82) is 0 Å². The third-order valence-corrected chi connectivity index (χ3v) is 8.02. The van der Waals surface area contributed by atoms with Gasteiger partial charge in [0, 0.05) is 37.0 Å². The smallest absolute Gasteiger partial charge is 0.407 e. The molecule has 0 bridgehead atoms. The Bertz CT molecular complexity index is 1650. The molecule has 0 fully saturated rings. The van der Waals surface area contributed by atoms with Crippen molar-refractivity contribution in [3.8, 4) is 16.9 Å². The number of anilines is 1. The largest absolute Gasteiger partial charge is 0.493 e. The van der Waals surface area contributed by atoms with E-state index < -0.39 is 11.7 Å². The minimum atomic E-state index is -0.535. The minimum absolute atomic E-state index is 0.134. The second-order valence-corrected chi connectivity index (χ2v) is 12.7. The van der Waals surface area contributed by atoms with Crippen LogP contribution in [-0.4, -0.2) is 40.5 Å². The van der Waals surface area contributed by atoms with Crippen LogP contribution in [0.5, 0.6) is 5.75 Å². The Morgan fingerprint density at radius 1 is 1.00 bits per heavy atom. The van der Waals surface area contributed by atoms with Crippen LogP contribution in [0.15, 0.2) is 73.1 Å². The number of carbonyl (C=O) groups is 2. The van der Waals surface area contributed by atoms with E-state index >= 15 is 0 Å². The molecule has 4 aromatic rings. The van der Waals surface area contributed by atoms with Gasteiger partial charge in [0.15, 0.2) is 0 Å². The summed E-state index contributed by atoms with van der Waals surface area (Å²) < 4.78 is 13.3. The first-order valence-corrected chi connectivity index (χ1v) is 15.8. The number of rotatable bonds is 10. The fourth-order valence-corrected chi connectivity index (χ4v) is 5.68.